The van der Waals surface area contributed by atoms with Gasteiger partial charge in [-0.3, -0.25) is 4.79 Å². The molecule has 3 heteroatoms. The maximum absolute atomic E-state index is 11.6. The summed E-state index contributed by atoms with van der Waals surface area (Å²) in [5.74, 6) is 0.0921. The van der Waals surface area contributed by atoms with Crippen molar-refractivity contribution in [1.82, 2.24) is 10.6 Å². The first-order valence-corrected chi connectivity index (χ1v) is 7.84. The lowest BCUT2D eigenvalue weighted by Crippen LogP contribution is -2.35. The molecule has 0 aliphatic rings. The van der Waals surface area contributed by atoms with E-state index in [1.807, 2.05) is 18.2 Å². The molecule has 0 saturated heterocycles. The zero-order chi connectivity index (χ0) is 14.5. The fourth-order valence-electron chi connectivity index (χ4n) is 2.11. The van der Waals surface area contributed by atoms with E-state index in [0.717, 1.165) is 19.4 Å². The Morgan fingerprint density at radius 2 is 1.75 bits per heavy atom. The zero-order valence-electron chi connectivity index (χ0n) is 12.7. The maximum Gasteiger partial charge on any atom is 0.233 e. The Labute approximate surface area is 123 Å². The van der Waals surface area contributed by atoms with E-state index >= 15 is 0 Å². The minimum absolute atomic E-state index is 0.0921. The Morgan fingerprint density at radius 3 is 2.50 bits per heavy atom. The highest BCUT2D eigenvalue weighted by Gasteiger charge is 1.99. The van der Waals surface area contributed by atoms with E-state index in [2.05, 4.69) is 29.7 Å². The van der Waals surface area contributed by atoms with Crippen molar-refractivity contribution >= 4 is 5.91 Å². The molecule has 0 radical (unpaired) electrons. The highest BCUT2D eigenvalue weighted by atomic mass is 16.1. The highest BCUT2D eigenvalue weighted by Crippen LogP contribution is 2.01. The molecule has 112 valence electrons. The Morgan fingerprint density at radius 1 is 1.00 bits per heavy atom. The second-order valence-corrected chi connectivity index (χ2v) is 5.18. The van der Waals surface area contributed by atoms with Crippen LogP contribution in [0.5, 0.6) is 0 Å². The van der Waals surface area contributed by atoms with Crippen molar-refractivity contribution in [3.8, 4) is 0 Å². The van der Waals surface area contributed by atoms with Gasteiger partial charge in [0.1, 0.15) is 0 Å². The van der Waals surface area contributed by atoms with E-state index in [1.165, 1.54) is 31.2 Å². The molecule has 0 aromatic heterocycles. The number of hydrogen-bond donors (Lipinski definition) is 2. The third kappa shape index (κ3) is 8.70. The largest absolute Gasteiger partial charge is 0.355 e. The van der Waals surface area contributed by atoms with Gasteiger partial charge in [0.25, 0.3) is 0 Å². The van der Waals surface area contributed by atoms with E-state index in [9.17, 15) is 4.79 Å². The third-order valence-electron chi connectivity index (χ3n) is 3.32. The summed E-state index contributed by atoms with van der Waals surface area (Å²) in [5, 5.41) is 6.14. The van der Waals surface area contributed by atoms with Crippen LogP contribution in [0, 0.1) is 0 Å². The van der Waals surface area contributed by atoms with Crippen molar-refractivity contribution in [2.45, 2.75) is 45.4 Å². The molecule has 0 unspecified atom stereocenters. The second kappa shape index (κ2) is 11.5. The summed E-state index contributed by atoms with van der Waals surface area (Å²) < 4.78 is 0. The predicted octanol–water partition coefficient (Wildman–Crippen LogP) is 2.91. The molecule has 0 atom stereocenters. The molecule has 3 nitrogen and oxygen atoms in total. The van der Waals surface area contributed by atoms with Crippen LogP contribution in [0.3, 0.4) is 0 Å². The van der Waals surface area contributed by atoms with Gasteiger partial charge in [-0.2, -0.15) is 0 Å². The van der Waals surface area contributed by atoms with Gasteiger partial charge in [0.15, 0.2) is 0 Å². The predicted molar refractivity (Wildman–Crippen MR) is 84.8 cm³/mol. The average molecular weight is 276 g/mol. The standard InChI is InChI=1S/C17H28N2O/c1-2-3-4-5-9-13-18-15-17(20)19-14-12-16-10-7-6-8-11-16/h6-8,10-11,18H,2-5,9,12-15H2,1H3,(H,19,20). The number of unbranched alkanes of at least 4 members (excludes halogenated alkanes) is 4. The third-order valence-corrected chi connectivity index (χ3v) is 3.32. The second-order valence-electron chi connectivity index (χ2n) is 5.18. The highest BCUT2D eigenvalue weighted by molar-refractivity contribution is 5.77. The summed E-state index contributed by atoms with van der Waals surface area (Å²) >= 11 is 0. The Balaban J connectivity index is 1.93. The van der Waals surface area contributed by atoms with E-state index in [1.54, 1.807) is 0 Å². The molecule has 0 spiro atoms. The zero-order valence-corrected chi connectivity index (χ0v) is 12.7. The van der Waals surface area contributed by atoms with Crippen molar-refractivity contribution in [3.05, 3.63) is 35.9 Å². The summed E-state index contributed by atoms with van der Waals surface area (Å²) in [5.41, 5.74) is 1.26. The first-order chi connectivity index (χ1) is 9.83. The molecule has 1 aromatic carbocycles. The number of carbonyl (C=O) groups excluding carboxylic acids is 1. The minimum Gasteiger partial charge on any atom is -0.355 e. The van der Waals surface area contributed by atoms with Gasteiger partial charge in [0, 0.05) is 6.54 Å². The Kier molecular flexibility index (Phi) is 9.58. The molecule has 0 saturated carbocycles. The van der Waals surface area contributed by atoms with Crippen LogP contribution in [0.15, 0.2) is 30.3 Å². The summed E-state index contributed by atoms with van der Waals surface area (Å²) in [6.45, 7) is 4.30. The molecule has 1 aromatic rings. The van der Waals surface area contributed by atoms with E-state index in [-0.39, 0.29) is 5.91 Å². The van der Waals surface area contributed by atoms with Crippen molar-refractivity contribution in [3.63, 3.8) is 0 Å². The summed E-state index contributed by atoms with van der Waals surface area (Å²) in [6, 6.07) is 10.2. The number of rotatable bonds is 11. The van der Waals surface area contributed by atoms with Crippen LogP contribution in [0.2, 0.25) is 0 Å². The molecule has 0 fully saturated rings. The minimum atomic E-state index is 0.0921. The molecule has 0 heterocycles. The first-order valence-electron chi connectivity index (χ1n) is 7.84. The molecular weight excluding hydrogens is 248 g/mol. The Hall–Kier alpha value is -1.35. The molecule has 0 aliphatic carbocycles. The Bertz CT molecular complexity index is 351. The van der Waals surface area contributed by atoms with Gasteiger partial charge in [-0.05, 0) is 24.9 Å². The molecule has 2 N–H and O–H groups in total. The number of amides is 1. The first kappa shape index (κ1) is 16.7. The van der Waals surface area contributed by atoms with Gasteiger partial charge in [0.05, 0.1) is 6.54 Å². The summed E-state index contributed by atoms with van der Waals surface area (Å²) in [4.78, 5) is 11.6. The lowest BCUT2D eigenvalue weighted by atomic mass is 10.1. The fraction of sp³-hybridized carbons (Fsp3) is 0.588. The normalized spacial score (nSPS) is 10.4. The van der Waals surface area contributed by atoms with Crippen LogP contribution in [-0.4, -0.2) is 25.5 Å². The number of hydrogen-bond acceptors (Lipinski definition) is 2. The number of carbonyl (C=O) groups is 1. The van der Waals surface area contributed by atoms with Crippen LogP contribution < -0.4 is 10.6 Å². The SMILES string of the molecule is CCCCCCCNCC(=O)NCCc1ccccc1. The monoisotopic (exact) mass is 276 g/mol. The van der Waals surface area contributed by atoms with Crippen LogP contribution in [-0.2, 0) is 11.2 Å². The molecule has 0 bridgehead atoms. The topological polar surface area (TPSA) is 41.1 Å². The van der Waals surface area contributed by atoms with Gasteiger partial charge in [-0.25, -0.2) is 0 Å². The average Bonchev–Trinajstić information content (AvgIpc) is 2.47. The van der Waals surface area contributed by atoms with Gasteiger partial charge < -0.3 is 10.6 Å². The van der Waals surface area contributed by atoms with Gasteiger partial charge in [0.2, 0.25) is 5.91 Å². The van der Waals surface area contributed by atoms with Crippen LogP contribution >= 0.6 is 0 Å². The van der Waals surface area contributed by atoms with Gasteiger partial charge in [-0.1, -0.05) is 62.9 Å². The molecular formula is C17H28N2O. The van der Waals surface area contributed by atoms with E-state index in [0.29, 0.717) is 13.1 Å². The molecule has 0 aliphatic heterocycles. The summed E-state index contributed by atoms with van der Waals surface area (Å²) in [7, 11) is 0. The van der Waals surface area contributed by atoms with Crippen molar-refractivity contribution in [2.24, 2.45) is 0 Å². The smallest absolute Gasteiger partial charge is 0.233 e. The van der Waals surface area contributed by atoms with Crippen LogP contribution in [0.4, 0.5) is 0 Å². The van der Waals surface area contributed by atoms with Crippen molar-refractivity contribution < 1.29 is 4.79 Å². The molecule has 20 heavy (non-hydrogen) atoms. The number of nitrogens with one attached hydrogen (secondary N) is 2. The van der Waals surface area contributed by atoms with Gasteiger partial charge >= 0.3 is 0 Å². The number of benzene rings is 1. The fourth-order valence-corrected chi connectivity index (χ4v) is 2.11. The quantitative estimate of drug-likeness (QED) is 0.610. The molecule has 1 rings (SSSR count). The molecule has 1 amide bonds. The summed E-state index contributed by atoms with van der Waals surface area (Å²) in [6.07, 6.45) is 7.22. The van der Waals surface area contributed by atoms with Crippen molar-refractivity contribution in [1.29, 1.82) is 0 Å². The van der Waals surface area contributed by atoms with E-state index < -0.39 is 0 Å². The lowest BCUT2D eigenvalue weighted by Gasteiger charge is -2.07. The lowest BCUT2D eigenvalue weighted by molar-refractivity contribution is -0.120. The van der Waals surface area contributed by atoms with E-state index in [4.69, 9.17) is 0 Å². The van der Waals surface area contributed by atoms with Crippen LogP contribution in [0.25, 0.3) is 0 Å². The van der Waals surface area contributed by atoms with Crippen LogP contribution in [0.1, 0.15) is 44.6 Å². The van der Waals surface area contributed by atoms with Gasteiger partial charge in [-0.15, -0.1) is 0 Å². The van der Waals surface area contributed by atoms with Crippen molar-refractivity contribution in [2.75, 3.05) is 19.6 Å². The maximum atomic E-state index is 11.6.